The van der Waals surface area contributed by atoms with E-state index in [2.05, 4.69) is 12.2 Å². The van der Waals surface area contributed by atoms with E-state index < -0.39 is 0 Å². The van der Waals surface area contributed by atoms with Crippen LogP contribution in [0.15, 0.2) is 0 Å². The molecular weight excluding hydrogens is 256 g/mol. The third-order valence-corrected chi connectivity index (χ3v) is 6.04. The summed E-state index contributed by atoms with van der Waals surface area (Å²) < 4.78 is 0. The molecule has 0 aliphatic heterocycles. The van der Waals surface area contributed by atoms with Crippen molar-refractivity contribution in [1.82, 2.24) is 5.32 Å². The summed E-state index contributed by atoms with van der Waals surface area (Å²) in [5.74, 6) is 2.01. The first-order valence-electron chi connectivity index (χ1n) is 7.88. The molecule has 3 nitrogen and oxygen atoms in total. The molecule has 2 fully saturated rings. The van der Waals surface area contributed by atoms with Gasteiger partial charge in [-0.2, -0.15) is 11.8 Å². The van der Waals surface area contributed by atoms with Crippen LogP contribution in [0.4, 0.5) is 0 Å². The highest BCUT2D eigenvalue weighted by Crippen LogP contribution is 2.32. The van der Waals surface area contributed by atoms with Crippen molar-refractivity contribution in [2.45, 2.75) is 63.2 Å². The summed E-state index contributed by atoms with van der Waals surface area (Å²) in [6.45, 7) is 2.86. The van der Waals surface area contributed by atoms with E-state index in [9.17, 15) is 4.79 Å². The molecule has 4 unspecified atom stereocenters. The number of rotatable bonds is 5. The van der Waals surface area contributed by atoms with Crippen molar-refractivity contribution in [2.24, 2.45) is 17.6 Å². The van der Waals surface area contributed by atoms with Crippen LogP contribution in [0.25, 0.3) is 0 Å². The molecule has 0 spiro atoms. The zero-order chi connectivity index (χ0) is 13.7. The zero-order valence-corrected chi connectivity index (χ0v) is 12.9. The molecule has 3 N–H and O–H groups in total. The van der Waals surface area contributed by atoms with Crippen LogP contribution >= 0.6 is 11.8 Å². The van der Waals surface area contributed by atoms with E-state index in [4.69, 9.17) is 5.73 Å². The van der Waals surface area contributed by atoms with Gasteiger partial charge in [-0.25, -0.2) is 0 Å². The minimum atomic E-state index is 0.173. The largest absolute Gasteiger partial charge is 0.352 e. The van der Waals surface area contributed by atoms with Gasteiger partial charge in [0, 0.05) is 17.2 Å². The fraction of sp³-hybridized carbons (Fsp3) is 0.933. The number of hydrogen-bond acceptors (Lipinski definition) is 3. The van der Waals surface area contributed by atoms with E-state index in [-0.39, 0.29) is 11.8 Å². The molecule has 0 heterocycles. The molecule has 2 saturated carbocycles. The van der Waals surface area contributed by atoms with Crippen molar-refractivity contribution >= 4 is 17.7 Å². The van der Waals surface area contributed by atoms with Crippen molar-refractivity contribution < 1.29 is 4.79 Å². The van der Waals surface area contributed by atoms with E-state index in [1.807, 2.05) is 11.8 Å². The number of carbonyl (C=O) groups is 1. The molecule has 0 bridgehead atoms. The molecule has 0 aromatic heterocycles. The summed E-state index contributed by atoms with van der Waals surface area (Å²) in [6.07, 6.45) is 8.26. The van der Waals surface area contributed by atoms with E-state index >= 15 is 0 Å². The third-order valence-electron chi connectivity index (χ3n) is 4.71. The molecule has 2 aliphatic rings. The zero-order valence-electron chi connectivity index (χ0n) is 12.1. The van der Waals surface area contributed by atoms with Crippen LogP contribution in [0.2, 0.25) is 0 Å². The minimum absolute atomic E-state index is 0.173. The maximum absolute atomic E-state index is 12.5. The molecule has 4 atom stereocenters. The second-order valence-electron chi connectivity index (χ2n) is 5.93. The molecule has 0 radical (unpaired) electrons. The van der Waals surface area contributed by atoms with Gasteiger partial charge >= 0.3 is 0 Å². The van der Waals surface area contributed by atoms with Crippen LogP contribution in [0, 0.1) is 11.8 Å². The van der Waals surface area contributed by atoms with E-state index in [0.29, 0.717) is 23.8 Å². The molecular formula is C15H28N2OS. The Morgan fingerprint density at radius 2 is 2.00 bits per heavy atom. The Labute approximate surface area is 121 Å². The summed E-state index contributed by atoms with van der Waals surface area (Å²) in [6, 6.07) is 0.401. The maximum Gasteiger partial charge on any atom is 0.223 e. The van der Waals surface area contributed by atoms with Crippen molar-refractivity contribution in [3.63, 3.8) is 0 Å². The molecule has 0 aromatic rings. The molecule has 19 heavy (non-hydrogen) atoms. The quantitative estimate of drug-likeness (QED) is 0.816. The molecule has 4 heteroatoms. The van der Waals surface area contributed by atoms with Crippen LogP contribution in [0.3, 0.4) is 0 Å². The number of hydrogen-bond donors (Lipinski definition) is 2. The van der Waals surface area contributed by atoms with Crippen molar-refractivity contribution in [3.05, 3.63) is 0 Å². The van der Waals surface area contributed by atoms with Crippen molar-refractivity contribution in [3.8, 4) is 0 Å². The fourth-order valence-electron chi connectivity index (χ4n) is 3.63. The Morgan fingerprint density at radius 3 is 2.74 bits per heavy atom. The highest BCUT2D eigenvalue weighted by molar-refractivity contribution is 7.99. The Bertz CT molecular complexity index is 298. The molecule has 1 amide bonds. The van der Waals surface area contributed by atoms with Gasteiger partial charge in [-0.15, -0.1) is 0 Å². The summed E-state index contributed by atoms with van der Waals surface area (Å²) in [5.41, 5.74) is 5.83. The third kappa shape index (κ3) is 3.88. The second kappa shape index (κ2) is 7.53. The number of amides is 1. The predicted octanol–water partition coefficient (Wildman–Crippen LogP) is 2.54. The number of carbonyl (C=O) groups excluding carboxylic acids is 1. The van der Waals surface area contributed by atoms with Gasteiger partial charge in [0.2, 0.25) is 5.91 Å². The Balaban J connectivity index is 1.88. The highest BCUT2D eigenvalue weighted by Gasteiger charge is 2.34. The number of thioether (sulfide) groups is 1. The van der Waals surface area contributed by atoms with Gasteiger partial charge < -0.3 is 11.1 Å². The van der Waals surface area contributed by atoms with Crippen molar-refractivity contribution in [1.29, 1.82) is 0 Å². The van der Waals surface area contributed by atoms with Gasteiger partial charge in [-0.1, -0.05) is 26.2 Å². The van der Waals surface area contributed by atoms with Gasteiger partial charge in [0.05, 0.1) is 0 Å². The topological polar surface area (TPSA) is 55.1 Å². The molecule has 0 saturated heterocycles. The lowest BCUT2D eigenvalue weighted by atomic mass is 9.78. The monoisotopic (exact) mass is 284 g/mol. The van der Waals surface area contributed by atoms with Gasteiger partial charge in [0.25, 0.3) is 0 Å². The van der Waals surface area contributed by atoms with E-state index in [1.165, 1.54) is 25.7 Å². The maximum atomic E-state index is 12.5. The molecule has 0 aromatic carbocycles. The molecule has 2 rings (SSSR count). The summed E-state index contributed by atoms with van der Waals surface area (Å²) in [4.78, 5) is 12.5. The Hall–Kier alpha value is -0.220. The van der Waals surface area contributed by atoms with Crippen LogP contribution in [0.5, 0.6) is 0 Å². The van der Waals surface area contributed by atoms with Crippen molar-refractivity contribution in [2.75, 3.05) is 12.3 Å². The number of nitrogens with one attached hydrogen (secondary N) is 1. The first-order chi connectivity index (χ1) is 9.26. The Kier molecular flexibility index (Phi) is 6.02. The first-order valence-corrected chi connectivity index (χ1v) is 8.93. The van der Waals surface area contributed by atoms with E-state index in [1.54, 1.807) is 0 Å². The standard InChI is InChI=1S/C15H28N2OS/c1-2-19-14-9-5-8-13(14)17-15(18)12-7-4-3-6-11(12)10-16/h11-14H,2-10,16H2,1H3,(H,17,18). The highest BCUT2D eigenvalue weighted by atomic mass is 32.2. The van der Waals surface area contributed by atoms with Gasteiger partial charge in [0.15, 0.2) is 0 Å². The predicted molar refractivity (Wildman–Crippen MR) is 82.2 cm³/mol. The van der Waals surface area contributed by atoms with E-state index in [0.717, 1.165) is 25.0 Å². The first kappa shape index (κ1) is 15.2. The normalized spacial score (nSPS) is 35.3. The van der Waals surface area contributed by atoms with Gasteiger partial charge in [0.1, 0.15) is 0 Å². The SMILES string of the molecule is CCSC1CCCC1NC(=O)C1CCCCC1CN. The fourth-order valence-corrected chi connectivity index (χ4v) is 4.83. The average Bonchev–Trinajstić information content (AvgIpc) is 2.86. The second-order valence-corrected chi connectivity index (χ2v) is 7.44. The van der Waals surface area contributed by atoms with Crippen LogP contribution in [0.1, 0.15) is 51.9 Å². The minimum Gasteiger partial charge on any atom is -0.352 e. The smallest absolute Gasteiger partial charge is 0.223 e. The van der Waals surface area contributed by atoms with Gasteiger partial charge in [-0.05, 0) is 43.9 Å². The molecule has 2 aliphatic carbocycles. The summed E-state index contributed by atoms with van der Waals surface area (Å²) in [7, 11) is 0. The van der Waals surface area contributed by atoms with Crippen LogP contribution in [-0.2, 0) is 4.79 Å². The molecule has 110 valence electrons. The summed E-state index contributed by atoms with van der Waals surface area (Å²) in [5, 5.41) is 3.97. The number of nitrogens with two attached hydrogens (primary N) is 1. The lowest BCUT2D eigenvalue weighted by Crippen LogP contribution is -2.45. The van der Waals surface area contributed by atoms with Crippen LogP contribution in [-0.4, -0.2) is 29.5 Å². The van der Waals surface area contributed by atoms with Gasteiger partial charge in [-0.3, -0.25) is 4.79 Å². The Morgan fingerprint density at radius 1 is 1.21 bits per heavy atom. The lowest BCUT2D eigenvalue weighted by molar-refractivity contribution is -0.128. The average molecular weight is 284 g/mol. The summed E-state index contributed by atoms with van der Waals surface area (Å²) >= 11 is 2.00. The van der Waals surface area contributed by atoms with Crippen LogP contribution < -0.4 is 11.1 Å². The lowest BCUT2D eigenvalue weighted by Gasteiger charge is -2.31.